The maximum atomic E-state index is 11.8. The van der Waals surface area contributed by atoms with Crippen LogP contribution in [0.2, 0.25) is 0 Å². The lowest BCUT2D eigenvalue weighted by Gasteiger charge is -2.15. The number of hydrogen-bond donors (Lipinski definition) is 3. The monoisotopic (exact) mass is 310 g/mol. The number of nitrogens with two attached hydrogens (primary N) is 1. The molecule has 0 aliphatic rings. The molecule has 0 radical (unpaired) electrons. The summed E-state index contributed by atoms with van der Waals surface area (Å²) >= 11 is 0. The van der Waals surface area contributed by atoms with E-state index < -0.39 is 0 Å². The van der Waals surface area contributed by atoms with Crippen molar-refractivity contribution in [1.82, 2.24) is 25.9 Å². The van der Waals surface area contributed by atoms with Gasteiger partial charge in [-0.15, -0.1) is 22.6 Å². The smallest absolute Gasteiger partial charge is 0.224 e. The predicted molar refractivity (Wildman–Crippen MR) is 81.5 cm³/mol. The predicted octanol–water partition coefficient (Wildman–Crippen LogP) is 0.888. The summed E-state index contributed by atoms with van der Waals surface area (Å²) in [6.45, 7) is 4.12. The zero-order valence-electron chi connectivity index (χ0n) is 11.9. The third-order valence-electron chi connectivity index (χ3n) is 3.23. The number of nitrogens with one attached hydrogen (secondary N) is 2. The van der Waals surface area contributed by atoms with E-state index in [0.29, 0.717) is 12.4 Å². The Balaban J connectivity index is 0.00000220. The summed E-state index contributed by atoms with van der Waals surface area (Å²) < 4.78 is 0. The first kappa shape index (κ1) is 17.1. The molecule has 8 heteroatoms. The quantitative estimate of drug-likeness (QED) is 0.759. The second kappa shape index (κ2) is 7.70. The fourth-order valence-electron chi connectivity index (χ4n) is 1.64. The molecule has 114 valence electrons. The zero-order valence-corrected chi connectivity index (χ0v) is 12.7. The Hall–Kier alpha value is -1.99. The Labute approximate surface area is 129 Å². The van der Waals surface area contributed by atoms with Crippen LogP contribution in [-0.4, -0.2) is 32.6 Å². The van der Waals surface area contributed by atoms with Crippen molar-refractivity contribution in [2.75, 3.05) is 0 Å². The molecule has 2 rings (SSSR count). The first-order valence-corrected chi connectivity index (χ1v) is 6.44. The normalized spacial score (nSPS) is 13.1. The van der Waals surface area contributed by atoms with Gasteiger partial charge >= 0.3 is 0 Å². The number of aromatic amines is 1. The highest BCUT2D eigenvalue weighted by Gasteiger charge is 2.16. The van der Waals surface area contributed by atoms with Crippen LogP contribution in [0.1, 0.15) is 19.4 Å². The first-order valence-electron chi connectivity index (χ1n) is 6.44. The molecular formula is C13H19ClN6O. The van der Waals surface area contributed by atoms with Crippen LogP contribution in [0.3, 0.4) is 0 Å². The Morgan fingerprint density at radius 3 is 2.52 bits per heavy atom. The lowest BCUT2D eigenvalue weighted by atomic mass is 10.0. The number of rotatable bonds is 5. The number of carbonyl (C=O) groups is 1. The van der Waals surface area contributed by atoms with E-state index in [1.54, 1.807) is 0 Å². The molecule has 1 aromatic heterocycles. The number of carbonyl (C=O) groups excluding carboxylic acids is 1. The summed E-state index contributed by atoms with van der Waals surface area (Å²) in [5, 5.41) is 16.6. The maximum absolute atomic E-state index is 11.8. The van der Waals surface area contributed by atoms with E-state index >= 15 is 0 Å². The van der Waals surface area contributed by atoms with E-state index in [2.05, 4.69) is 25.9 Å². The molecule has 21 heavy (non-hydrogen) atoms. The summed E-state index contributed by atoms with van der Waals surface area (Å²) in [6.07, 6.45) is 0. The molecule has 1 aromatic carbocycles. The number of halogens is 1. The molecule has 1 amide bonds. The number of tetrazole rings is 1. The molecule has 0 spiro atoms. The van der Waals surface area contributed by atoms with Gasteiger partial charge in [-0.05, 0) is 17.7 Å². The lowest BCUT2D eigenvalue weighted by molar-refractivity contribution is -0.125. The largest absolute Gasteiger partial charge is 0.352 e. The van der Waals surface area contributed by atoms with Crippen LogP contribution in [-0.2, 0) is 11.3 Å². The Morgan fingerprint density at radius 1 is 1.33 bits per heavy atom. The number of H-pyrrole nitrogens is 1. The van der Waals surface area contributed by atoms with Crippen LogP contribution in [0.4, 0.5) is 0 Å². The minimum absolute atomic E-state index is 0. The Bertz CT molecular complexity index is 555. The molecule has 2 atom stereocenters. The van der Waals surface area contributed by atoms with Crippen LogP contribution in [0.25, 0.3) is 11.4 Å². The van der Waals surface area contributed by atoms with E-state index in [4.69, 9.17) is 5.73 Å². The molecule has 1 heterocycles. The number of hydrogen-bond acceptors (Lipinski definition) is 5. The molecule has 2 aromatic rings. The summed E-state index contributed by atoms with van der Waals surface area (Å²) in [5.41, 5.74) is 7.57. The van der Waals surface area contributed by atoms with E-state index in [9.17, 15) is 4.79 Å². The minimum Gasteiger partial charge on any atom is -0.352 e. The van der Waals surface area contributed by atoms with Gasteiger partial charge in [0.25, 0.3) is 0 Å². The van der Waals surface area contributed by atoms with Gasteiger partial charge in [-0.1, -0.05) is 31.2 Å². The first-order chi connectivity index (χ1) is 9.58. The molecule has 2 unspecified atom stereocenters. The average Bonchev–Trinajstić information content (AvgIpc) is 2.98. The highest BCUT2D eigenvalue weighted by molar-refractivity contribution is 5.85. The SMILES string of the molecule is CC(N)C(C)C(=O)NCc1ccc(-c2nn[nH]n2)cc1.Cl. The van der Waals surface area contributed by atoms with Gasteiger partial charge in [-0.25, -0.2) is 0 Å². The lowest BCUT2D eigenvalue weighted by Crippen LogP contribution is -2.38. The molecule has 0 fully saturated rings. The molecule has 0 aliphatic heterocycles. The van der Waals surface area contributed by atoms with Crippen molar-refractivity contribution < 1.29 is 4.79 Å². The number of nitrogens with zero attached hydrogens (tertiary/aromatic N) is 3. The van der Waals surface area contributed by atoms with E-state index in [-0.39, 0.29) is 30.3 Å². The van der Waals surface area contributed by atoms with Crippen molar-refractivity contribution in [2.24, 2.45) is 11.7 Å². The Kier molecular flexibility index (Phi) is 6.26. The van der Waals surface area contributed by atoms with Gasteiger partial charge in [-0.2, -0.15) is 5.21 Å². The Morgan fingerprint density at radius 2 is 2.00 bits per heavy atom. The van der Waals surface area contributed by atoms with Gasteiger partial charge in [0.1, 0.15) is 0 Å². The fraction of sp³-hybridized carbons (Fsp3) is 0.385. The highest BCUT2D eigenvalue weighted by Crippen LogP contribution is 2.13. The fourth-order valence-corrected chi connectivity index (χ4v) is 1.64. The highest BCUT2D eigenvalue weighted by atomic mass is 35.5. The summed E-state index contributed by atoms with van der Waals surface area (Å²) in [6, 6.07) is 7.46. The number of aromatic nitrogens is 4. The molecule has 0 aliphatic carbocycles. The summed E-state index contributed by atoms with van der Waals surface area (Å²) in [7, 11) is 0. The van der Waals surface area contributed by atoms with Crippen molar-refractivity contribution in [1.29, 1.82) is 0 Å². The standard InChI is InChI=1S/C13H18N6O.ClH/c1-8(9(2)14)13(20)15-7-10-3-5-11(6-4-10)12-16-18-19-17-12;/h3-6,8-9H,7,14H2,1-2H3,(H,15,20)(H,16,17,18,19);1H. The van der Waals surface area contributed by atoms with Crippen molar-refractivity contribution in [3.63, 3.8) is 0 Å². The van der Waals surface area contributed by atoms with E-state index in [1.807, 2.05) is 38.1 Å². The molecule has 0 saturated carbocycles. The topological polar surface area (TPSA) is 110 Å². The van der Waals surface area contributed by atoms with Crippen molar-refractivity contribution in [2.45, 2.75) is 26.4 Å². The second-order valence-corrected chi connectivity index (χ2v) is 4.80. The van der Waals surface area contributed by atoms with Crippen molar-refractivity contribution in [3.05, 3.63) is 29.8 Å². The molecule has 7 nitrogen and oxygen atoms in total. The summed E-state index contributed by atoms with van der Waals surface area (Å²) in [5.74, 6) is 0.307. The molecular weight excluding hydrogens is 292 g/mol. The minimum atomic E-state index is -0.200. The third kappa shape index (κ3) is 4.51. The van der Waals surface area contributed by atoms with Gasteiger partial charge in [0.05, 0.1) is 0 Å². The average molecular weight is 311 g/mol. The van der Waals surface area contributed by atoms with Gasteiger partial charge < -0.3 is 11.1 Å². The molecule has 0 saturated heterocycles. The van der Waals surface area contributed by atoms with Crippen LogP contribution in [0.15, 0.2) is 24.3 Å². The van der Waals surface area contributed by atoms with E-state index in [0.717, 1.165) is 11.1 Å². The van der Waals surface area contributed by atoms with E-state index in [1.165, 1.54) is 0 Å². The third-order valence-corrected chi connectivity index (χ3v) is 3.23. The van der Waals surface area contributed by atoms with Gasteiger partial charge in [0.2, 0.25) is 11.7 Å². The molecule has 0 bridgehead atoms. The van der Waals surface area contributed by atoms with Crippen molar-refractivity contribution >= 4 is 18.3 Å². The number of amides is 1. The van der Waals surface area contributed by atoms with Crippen LogP contribution in [0, 0.1) is 5.92 Å². The van der Waals surface area contributed by atoms with Crippen LogP contribution < -0.4 is 11.1 Å². The van der Waals surface area contributed by atoms with Gasteiger partial charge in [-0.3, -0.25) is 4.79 Å². The zero-order chi connectivity index (χ0) is 14.5. The van der Waals surface area contributed by atoms with Gasteiger partial charge in [0.15, 0.2) is 0 Å². The summed E-state index contributed by atoms with van der Waals surface area (Å²) in [4.78, 5) is 11.8. The second-order valence-electron chi connectivity index (χ2n) is 4.80. The maximum Gasteiger partial charge on any atom is 0.224 e. The van der Waals surface area contributed by atoms with Crippen molar-refractivity contribution in [3.8, 4) is 11.4 Å². The van der Waals surface area contributed by atoms with Gasteiger partial charge in [0, 0.05) is 24.1 Å². The van der Waals surface area contributed by atoms with Crippen LogP contribution in [0.5, 0.6) is 0 Å². The molecule has 4 N–H and O–H groups in total. The van der Waals surface area contributed by atoms with Crippen LogP contribution >= 0.6 is 12.4 Å². The number of benzene rings is 1.